The second kappa shape index (κ2) is 5.00. The third-order valence-corrected chi connectivity index (χ3v) is 4.53. The molecule has 1 atom stereocenters. The van der Waals surface area contributed by atoms with Gasteiger partial charge in [-0.1, -0.05) is 0 Å². The van der Waals surface area contributed by atoms with Crippen LogP contribution in [0.25, 0.3) is 0 Å². The quantitative estimate of drug-likeness (QED) is 0.839. The van der Waals surface area contributed by atoms with E-state index in [0.717, 1.165) is 32.4 Å². The molecule has 1 N–H and O–H groups in total. The van der Waals surface area contributed by atoms with Crippen LogP contribution in [0, 0.1) is 11.3 Å². The van der Waals surface area contributed by atoms with E-state index < -0.39 is 12.7 Å². The monoisotopic (exact) mass is 264 g/mol. The molecule has 0 amide bonds. The van der Waals surface area contributed by atoms with Gasteiger partial charge in [-0.3, -0.25) is 4.90 Å². The van der Waals surface area contributed by atoms with Crippen molar-refractivity contribution in [2.75, 3.05) is 26.2 Å². The normalized spacial score (nSPS) is 27.2. The smallest absolute Gasteiger partial charge is 0.317 e. The molecule has 1 saturated heterocycles. The first-order chi connectivity index (χ1) is 8.32. The second-order valence-electron chi connectivity index (χ2n) is 6.15. The van der Waals surface area contributed by atoms with Gasteiger partial charge in [0.05, 0.1) is 6.54 Å². The predicted octanol–water partition coefficient (Wildman–Crippen LogP) is 2.65. The maximum absolute atomic E-state index is 12.5. The average Bonchev–Trinajstić information content (AvgIpc) is 2.88. The molecule has 0 aromatic heterocycles. The standard InChI is InChI=1S/C13H23F3N2/c1-10(2)18(9-13(14,15)16)8-11-7-12(11)3-5-17-6-4-12/h10-11,17H,3-9H2,1-2H3. The molecule has 2 aliphatic rings. The fraction of sp³-hybridized carbons (Fsp3) is 1.00. The van der Waals surface area contributed by atoms with Gasteiger partial charge in [0.15, 0.2) is 0 Å². The van der Waals surface area contributed by atoms with Crippen LogP contribution in [-0.2, 0) is 0 Å². The molecule has 1 unspecified atom stereocenters. The van der Waals surface area contributed by atoms with E-state index in [1.165, 1.54) is 0 Å². The predicted molar refractivity (Wildman–Crippen MR) is 65.4 cm³/mol. The number of hydrogen-bond acceptors (Lipinski definition) is 2. The Morgan fingerprint density at radius 2 is 1.89 bits per heavy atom. The van der Waals surface area contributed by atoms with Crippen LogP contribution in [0.1, 0.15) is 33.1 Å². The van der Waals surface area contributed by atoms with Crippen LogP contribution in [0.15, 0.2) is 0 Å². The van der Waals surface area contributed by atoms with E-state index in [1.807, 2.05) is 13.8 Å². The maximum atomic E-state index is 12.5. The van der Waals surface area contributed by atoms with E-state index >= 15 is 0 Å². The van der Waals surface area contributed by atoms with Crippen molar-refractivity contribution in [3.63, 3.8) is 0 Å². The van der Waals surface area contributed by atoms with Crippen LogP contribution < -0.4 is 5.32 Å². The Bertz CT molecular complexity index is 282. The van der Waals surface area contributed by atoms with Crippen molar-refractivity contribution in [3.05, 3.63) is 0 Å². The minimum Gasteiger partial charge on any atom is -0.317 e. The molecule has 0 aromatic carbocycles. The van der Waals surface area contributed by atoms with Gasteiger partial charge < -0.3 is 5.32 Å². The summed E-state index contributed by atoms with van der Waals surface area (Å²) in [5, 5.41) is 3.32. The van der Waals surface area contributed by atoms with E-state index in [9.17, 15) is 13.2 Å². The SMILES string of the molecule is CC(C)N(CC1CC12CCNCC2)CC(F)(F)F. The largest absolute Gasteiger partial charge is 0.401 e. The molecule has 2 nitrogen and oxygen atoms in total. The minimum absolute atomic E-state index is 0.0361. The summed E-state index contributed by atoms with van der Waals surface area (Å²) in [7, 11) is 0. The van der Waals surface area contributed by atoms with Gasteiger partial charge in [-0.05, 0) is 57.5 Å². The Morgan fingerprint density at radius 1 is 1.28 bits per heavy atom. The van der Waals surface area contributed by atoms with Gasteiger partial charge in [0.2, 0.25) is 0 Å². The lowest BCUT2D eigenvalue weighted by Crippen LogP contribution is -2.41. The summed E-state index contributed by atoms with van der Waals surface area (Å²) in [6.45, 7) is 5.59. The lowest BCUT2D eigenvalue weighted by molar-refractivity contribution is -0.150. The third kappa shape index (κ3) is 3.38. The zero-order chi connectivity index (χ0) is 13.4. The zero-order valence-corrected chi connectivity index (χ0v) is 11.2. The molecule has 1 aliphatic heterocycles. The van der Waals surface area contributed by atoms with Crippen LogP contribution in [-0.4, -0.2) is 43.3 Å². The van der Waals surface area contributed by atoms with E-state index in [-0.39, 0.29) is 6.04 Å². The highest BCUT2D eigenvalue weighted by Gasteiger charge is 2.54. The first-order valence-electron chi connectivity index (χ1n) is 6.84. The molecule has 2 fully saturated rings. The number of piperidine rings is 1. The lowest BCUT2D eigenvalue weighted by Gasteiger charge is -2.30. The van der Waals surface area contributed by atoms with Crippen molar-refractivity contribution in [1.29, 1.82) is 0 Å². The summed E-state index contributed by atoms with van der Waals surface area (Å²) in [6, 6.07) is -0.0361. The number of halogens is 3. The van der Waals surface area contributed by atoms with Crippen LogP contribution in [0.5, 0.6) is 0 Å². The van der Waals surface area contributed by atoms with Crippen molar-refractivity contribution < 1.29 is 13.2 Å². The van der Waals surface area contributed by atoms with Gasteiger partial charge in [0.25, 0.3) is 0 Å². The number of hydrogen-bond donors (Lipinski definition) is 1. The summed E-state index contributed by atoms with van der Waals surface area (Å²) in [6.07, 6.45) is -0.693. The maximum Gasteiger partial charge on any atom is 0.401 e. The fourth-order valence-corrected chi connectivity index (χ4v) is 3.20. The minimum atomic E-state index is -4.08. The van der Waals surface area contributed by atoms with E-state index in [2.05, 4.69) is 5.32 Å². The van der Waals surface area contributed by atoms with E-state index in [4.69, 9.17) is 0 Å². The molecule has 0 radical (unpaired) electrons. The molecule has 1 heterocycles. The molecule has 1 spiro atoms. The first-order valence-corrected chi connectivity index (χ1v) is 6.84. The lowest BCUT2D eigenvalue weighted by atomic mass is 9.92. The molecular weight excluding hydrogens is 241 g/mol. The summed E-state index contributed by atoms with van der Waals surface area (Å²) < 4.78 is 37.6. The van der Waals surface area contributed by atoms with Gasteiger partial charge in [-0.15, -0.1) is 0 Å². The van der Waals surface area contributed by atoms with Crippen molar-refractivity contribution in [2.24, 2.45) is 11.3 Å². The summed E-state index contributed by atoms with van der Waals surface area (Å²) >= 11 is 0. The average molecular weight is 264 g/mol. The van der Waals surface area contributed by atoms with Crippen molar-refractivity contribution >= 4 is 0 Å². The van der Waals surface area contributed by atoms with Gasteiger partial charge in [-0.2, -0.15) is 13.2 Å². The van der Waals surface area contributed by atoms with Crippen molar-refractivity contribution in [3.8, 4) is 0 Å². The zero-order valence-electron chi connectivity index (χ0n) is 11.2. The topological polar surface area (TPSA) is 15.3 Å². The Labute approximate surface area is 107 Å². The molecule has 1 saturated carbocycles. The third-order valence-electron chi connectivity index (χ3n) is 4.53. The molecule has 2 rings (SSSR count). The molecule has 1 aliphatic carbocycles. The van der Waals surface area contributed by atoms with Crippen LogP contribution in [0.4, 0.5) is 13.2 Å². The summed E-state index contributed by atoms with van der Waals surface area (Å²) in [5.74, 6) is 0.476. The van der Waals surface area contributed by atoms with Gasteiger partial charge in [0, 0.05) is 12.6 Å². The number of alkyl halides is 3. The van der Waals surface area contributed by atoms with Gasteiger partial charge in [-0.25, -0.2) is 0 Å². The van der Waals surface area contributed by atoms with Crippen LogP contribution in [0.2, 0.25) is 0 Å². The first kappa shape index (κ1) is 14.1. The number of rotatable bonds is 4. The van der Waals surface area contributed by atoms with Crippen molar-refractivity contribution in [2.45, 2.75) is 45.3 Å². The Kier molecular flexibility index (Phi) is 3.93. The molecule has 0 bridgehead atoms. The molecule has 0 aromatic rings. The van der Waals surface area contributed by atoms with Crippen LogP contribution in [0.3, 0.4) is 0 Å². The molecular formula is C13H23F3N2. The second-order valence-corrected chi connectivity index (χ2v) is 6.15. The van der Waals surface area contributed by atoms with E-state index in [0.29, 0.717) is 17.9 Å². The fourth-order valence-electron chi connectivity index (χ4n) is 3.20. The Balaban J connectivity index is 1.87. The number of nitrogens with one attached hydrogen (secondary N) is 1. The van der Waals surface area contributed by atoms with Gasteiger partial charge >= 0.3 is 6.18 Å². The van der Waals surface area contributed by atoms with Gasteiger partial charge in [0.1, 0.15) is 0 Å². The molecule has 5 heteroatoms. The summed E-state index contributed by atoms with van der Waals surface area (Å²) in [5.41, 5.74) is 0.365. The Morgan fingerprint density at radius 3 is 2.39 bits per heavy atom. The Hall–Kier alpha value is -0.290. The highest BCUT2D eigenvalue weighted by atomic mass is 19.4. The molecule has 106 valence electrons. The highest BCUT2D eigenvalue weighted by molar-refractivity contribution is 5.05. The van der Waals surface area contributed by atoms with Crippen LogP contribution >= 0.6 is 0 Å². The van der Waals surface area contributed by atoms with E-state index in [1.54, 1.807) is 4.90 Å². The molecule has 18 heavy (non-hydrogen) atoms. The number of nitrogens with zero attached hydrogens (tertiary/aromatic N) is 1. The van der Waals surface area contributed by atoms with Crippen molar-refractivity contribution in [1.82, 2.24) is 10.2 Å². The summed E-state index contributed by atoms with van der Waals surface area (Å²) in [4.78, 5) is 1.58. The highest BCUT2D eigenvalue weighted by Crippen LogP contribution is 2.58.